The fourth-order valence-electron chi connectivity index (χ4n) is 8.57. The van der Waals surface area contributed by atoms with Gasteiger partial charge in [-0.05, 0) is 38.5 Å². The van der Waals surface area contributed by atoms with E-state index in [0.29, 0.717) is 23.9 Å². The Balaban J connectivity index is 3.56. The number of nitrogens with zero attached hydrogens (tertiary/aromatic N) is 1. The van der Waals surface area contributed by atoms with Gasteiger partial charge < -0.3 is 28.8 Å². The summed E-state index contributed by atoms with van der Waals surface area (Å²) in [5.41, 5.74) is 0. The van der Waals surface area contributed by atoms with Gasteiger partial charge in [0.1, 0.15) is 13.2 Å². The zero-order chi connectivity index (χ0) is 47.1. The van der Waals surface area contributed by atoms with Crippen LogP contribution in [-0.2, 0) is 18.4 Å². The van der Waals surface area contributed by atoms with Crippen molar-refractivity contribution in [3.63, 3.8) is 0 Å². The van der Waals surface area contributed by atoms with Crippen molar-refractivity contribution in [2.45, 2.75) is 296 Å². The number of amides is 1. The summed E-state index contributed by atoms with van der Waals surface area (Å²) in [6.45, 7) is 4.57. The minimum Gasteiger partial charge on any atom is -0.756 e. The number of likely N-dealkylation sites (N-methyl/N-ethyl adjacent to an activating group) is 1. The third-order valence-electron chi connectivity index (χ3n) is 13.0. The maximum absolute atomic E-state index is 12.7. The largest absolute Gasteiger partial charge is 0.756 e. The van der Waals surface area contributed by atoms with Gasteiger partial charge in [-0.3, -0.25) is 9.36 Å². The molecule has 3 atom stereocenters. The Morgan fingerprint density at radius 2 is 0.859 bits per heavy atom. The van der Waals surface area contributed by atoms with Crippen molar-refractivity contribution in [1.29, 1.82) is 0 Å². The normalized spacial score (nSPS) is 14.0. The number of phosphoric ester groups is 1. The van der Waals surface area contributed by atoms with Crippen molar-refractivity contribution in [3.8, 4) is 0 Å². The molecule has 0 saturated carbocycles. The van der Waals surface area contributed by atoms with E-state index >= 15 is 0 Å². The SMILES string of the molecule is CCCCCCCCCC/C=C\CCCCCCCCCCCCCCCCCCCCCCCCCCCCCC(=O)NC(COP(=O)([O-])OCC[N+](C)(C)C)C(O)CCCCC. The third-order valence-corrected chi connectivity index (χ3v) is 14.0. The number of quaternary nitrogens is 1. The van der Waals surface area contributed by atoms with Crippen LogP contribution in [0.5, 0.6) is 0 Å². The van der Waals surface area contributed by atoms with E-state index in [1.165, 1.54) is 218 Å². The highest BCUT2D eigenvalue weighted by Gasteiger charge is 2.24. The van der Waals surface area contributed by atoms with E-state index in [2.05, 4.69) is 31.3 Å². The summed E-state index contributed by atoms with van der Waals surface area (Å²) in [6.07, 6.45) is 58.1. The number of aliphatic hydroxyl groups excluding tert-OH is 1. The van der Waals surface area contributed by atoms with Crippen LogP contribution < -0.4 is 10.2 Å². The van der Waals surface area contributed by atoms with Crippen LogP contribution in [0.2, 0.25) is 0 Å². The second kappa shape index (κ2) is 47.3. The van der Waals surface area contributed by atoms with Gasteiger partial charge in [0, 0.05) is 6.42 Å². The fraction of sp³-hybridized carbons (Fsp3) is 0.945. The molecular weight excluding hydrogens is 816 g/mol. The number of nitrogens with one attached hydrogen (secondary N) is 1. The standard InChI is InChI=1S/C55H111N2O6P/c1-6-8-10-11-12-13-14-15-16-17-18-19-20-21-22-23-24-25-26-27-28-29-30-31-32-33-34-35-36-37-38-39-40-41-42-43-44-45-47-49-55(59)56-53(54(58)48-46-9-7-2)52-63-64(60,61)62-51-50-57(3,4)5/h17-18,53-54,58H,6-16,19-52H2,1-5H3,(H-,56,59,60,61)/b18-17-. The predicted molar refractivity (Wildman–Crippen MR) is 275 cm³/mol. The number of carbonyl (C=O) groups is 1. The summed E-state index contributed by atoms with van der Waals surface area (Å²) in [7, 11) is 1.31. The van der Waals surface area contributed by atoms with Crippen LogP contribution in [0.3, 0.4) is 0 Å². The molecule has 0 aliphatic rings. The third kappa shape index (κ3) is 49.2. The molecular formula is C55H111N2O6P. The number of allylic oxidation sites excluding steroid dienone is 2. The summed E-state index contributed by atoms with van der Waals surface area (Å²) in [5.74, 6) is -0.171. The fourth-order valence-corrected chi connectivity index (χ4v) is 9.29. The average Bonchev–Trinajstić information content (AvgIpc) is 3.25. The Labute approximate surface area is 399 Å². The Bertz CT molecular complexity index is 1050. The number of hydrogen-bond acceptors (Lipinski definition) is 6. The quantitative estimate of drug-likeness (QED) is 0.0272. The van der Waals surface area contributed by atoms with Gasteiger partial charge in [-0.1, -0.05) is 251 Å². The van der Waals surface area contributed by atoms with Crippen LogP contribution in [-0.4, -0.2) is 68.5 Å². The molecule has 64 heavy (non-hydrogen) atoms. The summed E-state index contributed by atoms with van der Waals surface area (Å²) < 4.78 is 23.0. The Morgan fingerprint density at radius 1 is 0.531 bits per heavy atom. The van der Waals surface area contributed by atoms with Gasteiger partial charge in [-0.25, -0.2) is 0 Å². The summed E-state index contributed by atoms with van der Waals surface area (Å²) in [4.78, 5) is 25.0. The van der Waals surface area contributed by atoms with Gasteiger partial charge in [-0.15, -0.1) is 0 Å². The Kier molecular flexibility index (Phi) is 46.8. The first kappa shape index (κ1) is 63.2. The zero-order valence-electron chi connectivity index (χ0n) is 43.5. The van der Waals surface area contributed by atoms with E-state index in [0.717, 1.165) is 38.5 Å². The number of aliphatic hydroxyl groups is 1. The molecule has 0 aliphatic carbocycles. The molecule has 3 unspecified atom stereocenters. The number of unbranched alkanes of at least 4 members (excludes halogenated alkanes) is 37. The number of phosphoric acid groups is 1. The molecule has 0 spiro atoms. The Hall–Kier alpha value is -0.760. The molecule has 0 saturated heterocycles. The second-order valence-electron chi connectivity index (χ2n) is 20.6. The molecule has 0 heterocycles. The van der Waals surface area contributed by atoms with Crippen molar-refractivity contribution in [2.75, 3.05) is 40.9 Å². The van der Waals surface area contributed by atoms with E-state index in [9.17, 15) is 19.4 Å². The zero-order valence-corrected chi connectivity index (χ0v) is 44.4. The molecule has 2 N–H and O–H groups in total. The van der Waals surface area contributed by atoms with Crippen molar-refractivity contribution in [1.82, 2.24) is 5.32 Å². The van der Waals surface area contributed by atoms with Crippen molar-refractivity contribution >= 4 is 13.7 Å². The van der Waals surface area contributed by atoms with E-state index in [-0.39, 0.29) is 19.1 Å². The summed E-state index contributed by atoms with van der Waals surface area (Å²) in [6, 6.07) is -0.791. The van der Waals surface area contributed by atoms with Gasteiger partial charge in [-0.2, -0.15) is 0 Å². The molecule has 0 rings (SSSR count). The summed E-state index contributed by atoms with van der Waals surface area (Å²) >= 11 is 0. The van der Waals surface area contributed by atoms with Gasteiger partial charge in [0.15, 0.2) is 0 Å². The summed E-state index contributed by atoms with van der Waals surface area (Å²) in [5, 5.41) is 13.6. The second-order valence-corrected chi connectivity index (χ2v) is 22.1. The van der Waals surface area contributed by atoms with Crippen LogP contribution in [0.25, 0.3) is 0 Å². The molecule has 8 nitrogen and oxygen atoms in total. The van der Waals surface area contributed by atoms with Crippen molar-refractivity contribution < 1.29 is 32.9 Å². The molecule has 0 bridgehead atoms. The average molecular weight is 927 g/mol. The van der Waals surface area contributed by atoms with Gasteiger partial charge in [0.25, 0.3) is 7.82 Å². The van der Waals surface area contributed by atoms with Crippen LogP contribution in [0.1, 0.15) is 284 Å². The predicted octanol–water partition coefficient (Wildman–Crippen LogP) is 16.0. The minimum absolute atomic E-state index is 0.0134. The van der Waals surface area contributed by atoms with Crippen molar-refractivity contribution in [2.24, 2.45) is 0 Å². The van der Waals surface area contributed by atoms with Gasteiger partial charge in [0.05, 0.1) is 39.9 Å². The lowest BCUT2D eigenvalue weighted by Crippen LogP contribution is -2.46. The van der Waals surface area contributed by atoms with Gasteiger partial charge >= 0.3 is 0 Å². The Morgan fingerprint density at radius 3 is 1.22 bits per heavy atom. The van der Waals surface area contributed by atoms with E-state index < -0.39 is 20.0 Å². The van der Waals surface area contributed by atoms with E-state index in [4.69, 9.17) is 9.05 Å². The minimum atomic E-state index is -4.54. The molecule has 0 fully saturated rings. The van der Waals surface area contributed by atoms with E-state index in [1.807, 2.05) is 21.1 Å². The first-order chi connectivity index (χ1) is 31.0. The molecule has 1 amide bonds. The number of rotatable bonds is 52. The molecule has 0 aromatic carbocycles. The molecule has 0 radical (unpaired) electrons. The van der Waals surface area contributed by atoms with Crippen molar-refractivity contribution in [3.05, 3.63) is 12.2 Å². The highest BCUT2D eigenvalue weighted by Crippen LogP contribution is 2.38. The lowest BCUT2D eigenvalue weighted by molar-refractivity contribution is -0.870. The van der Waals surface area contributed by atoms with Crippen LogP contribution in [0.15, 0.2) is 12.2 Å². The van der Waals surface area contributed by atoms with E-state index in [1.54, 1.807) is 0 Å². The molecule has 0 aromatic heterocycles. The van der Waals surface area contributed by atoms with Gasteiger partial charge in [0.2, 0.25) is 5.91 Å². The maximum Gasteiger partial charge on any atom is 0.268 e. The van der Waals surface area contributed by atoms with Crippen LogP contribution >= 0.6 is 7.82 Å². The lowest BCUT2D eigenvalue weighted by Gasteiger charge is -2.30. The van der Waals surface area contributed by atoms with Crippen LogP contribution in [0, 0.1) is 0 Å². The first-order valence-electron chi connectivity index (χ1n) is 28.0. The number of carbonyl (C=O) groups excluding carboxylic acids is 1. The molecule has 382 valence electrons. The monoisotopic (exact) mass is 927 g/mol. The molecule has 9 heteroatoms. The molecule has 0 aliphatic heterocycles. The number of hydrogen-bond donors (Lipinski definition) is 2. The topological polar surface area (TPSA) is 108 Å². The smallest absolute Gasteiger partial charge is 0.268 e. The first-order valence-corrected chi connectivity index (χ1v) is 29.5. The van der Waals surface area contributed by atoms with Crippen LogP contribution in [0.4, 0.5) is 0 Å². The molecule has 0 aromatic rings. The highest BCUT2D eigenvalue weighted by atomic mass is 31.2. The highest BCUT2D eigenvalue weighted by molar-refractivity contribution is 7.45. The lowest BCUT2D eigenvalue weighted by atomic mass is 10.0. The maximum atomic E-state index is 12.7.